The Balaban J connectivity index is 2.57. The molecule has 0 aliphatic carbocycles. The van der Waals surface area contributed by atoms with Crippen LogP contribution >= 0.6 is 23.2 Å². The highest BCUT2D eigenvalue weighted by atomic mass is 35.5. The summed E-state index contributed by atoms with van der Waals surface area (Å²) in [7, 11) is -10.5. The molecule has 10 nitrogen and oxygen atoms in total. The van der Waals surface area contributed by atoms with Gasteiger partial charge in [0.25, 0.3) is 20.0 Å². The van der Waals surface area contributed by atoms with Crippen LogP contribution in [0.15, 0.2) is 56.4 Å². The summed E-state index contributed by atoms with van der Waals surface area (Å²) >= 11 is 11.3. The van der Waals surface area contributed by atoms with Crippen LogP contribution in [-0.4, -0.2) is 41.0 Å². The van der Waals surface area contributed by atoms with Crippen LogP contribution in [0.1, 0.15) is 0 Å². The molecule has 0 aliphatic rings. The number of azo groups is 1. The maximum absolute atomic E-state index is 12.5. The van der Waals surface area contributed by atoms with Gasteiger partial charge in [0.15, 0.2) is 0 Å². The van der Waals surface area contributed by atoms with Crippen molar-refractivity contribution in [3.63, 3.8) is 0 Å². The van der Waals surface area contributed by atoms with Gasteiger partial charge in [-0.15, -0.1) is 10.2 Å². The fourth-order valence-corrected chi connectivity index (χ4v) is 4.89. The van der Waals surface area contributed by atoms with Crippen LogP contribution in [0, 0.1) is 0 Å². The third-order valence-electron chi connectivity index (χ3n) is 3.66. The summed E-state index contributed by atoms with van der Waals surface area (Å²) < 4.78 is 126. The Morgan fingerprint density at radius 2 is 0.972 bits per heavy atom. The molecule has 2 N–H and O–H groups in total. The number of benzene rings is 2. The quantitative estimate of drug-likeness (QED) is 0.375. The van der Waals surface area contributed by atoms with E-state index in [2.05, 4.69) is 10.2 Å². The van der Waals surface area contributed by atoms with Gasteiger partial charge in [-0.25, -0.2) is 26.3 Å². The molecule has 0 aromatic heterocycles. The van der Waals surface area contributed by atoms with Crippen LogP contribution in [0.5, 0.6) is 0 Å². The minimum Gasteiger partial charge on any atom is -0.263 e. The second-order valence-corrected chi connectivity index (χ2v) is 10.5. The number of hydrogen-bond acceptors (Lipinski definition) is 8. The van der Waals surface area contributed by atoms with Crippen LogP contribution in [0.2, 0.25) is 10.0 Å². The van der Waals surface area contributed by atoms with Gasteiger partial charge in [-0.05, 0) is 36.4 Å². The van der Waals surface area contributed by atoms with Crippen molar-refractivity contribution < 1.29 is 52.8 Å². The van der Waals surface area contributed by atoms with Gasteiger partial charge in [0.2, 0.25) is 0 Å². The van der Waals surface area contributed by atoms with Gasteiger partial charge in [-0.2, -0.15) is 26.3 Å². The van der Waals surface area contributed by atoms with E-state index in [9.17, 15) is 52.8 Å². The summed E-state index contributed by atoms with van der Waals surface area (Å²) in [5.74, 6) is -5.70. The number of halogens is 8. The van der Waals surface area contributed by atoms with Crippen molar-refractivity contribution in [2.24, 2.45) is 10.2 Å². The average molecular weight is 601 g/mol. The van der Waals surface area contributed by atoms with E-state index in [-0.39, 0.29) is 10.0 Å². The van der Waals surface area contributed by atoms with E-state index in [0.717, 1.165) is 33.7 Å². The topological polar surface area (TPSA) is 151 Å². The molecule has 0 fully saturated rings. The lowest BCUT2D eigenvalue weighted by Crippen LogP contribution is -2.40. The van der Waals surface area contributed by atoms with Crippen LogP contribution < -0.4 is 9.44 Å². The van der Waals surface area contributed by atoms with Gasteiger partial charge < -0.3 is 0 Å². The molecule has 2 rings (SSSR count). The standard InChI is InChI=1S/C16H8Cl2F6N4O6S2/c17-7-1-3-9(11(5-7)35(31,32)27-13(29)15(19,20)21)25-26-10-4-2-8(18)6-12(10)36(33,34)28-14(30)16(22,23)24/h1-6H,(H,27,29)(H,28,30). The highest BCUT2D eigenvalue weighted by Gasteiger charge is 2.42. The van der Waals surface area contributed by atoms with Crippen LogP contribution in [0.3, 0.4) is 0 Å². The smallest absolute Gasteiger partial charge is 0.263 e. The lowest BCUT2D eigenvalue weighted by atomic mass is 10.3. The van der Waals surface area contributed by atoms with Gasteiger partial charge >= 0.3 is 24.2 Å². The maximum Gasteiger partial charge on any atom is 0.472 e. The normalized spacial score (nSPS) is 13.0. The first kappa shape index (κ1) is 29.3. The van der Waals surface area contributed by atoms with E-state index in [1.165, 1.54) is 0 Å². The molecule has 0 unspecified atom stereocenters. The van der Waals surface area contributed by atoms with Crippen molar-refractivity contribution in [3.8, 4) is 0 Å². The molecule has 2 amide bonds. The minimum atomic E-state index is -5.58. The van der Waals surface area contributed by atoms with Gasteiger partial charge in [-0.1, -0.05) is 23.2 Å². The summed E-state index contributed by atoms with van der Waals surface area (Å²) in [4.78, 5) is 20.0. The van der Waals surface area contributed by atoms with Crippen molar-refractivity contribution in [3.05, 3.63) is 46.4 Å². The van der Waals surface area contributed by atoms with Crippen LogP contribution in [0.25, 0.3) is 0 Å². The van der Waals surface area contributed by atoms with Crippen LogP contribution in [0.4, 0.5) is 37.7 Å². The number of hydrogen-bond donors (Lipinski definition) is 2. The number of carbonyl (C=O) groups is 2. The molecule has 0 saturated heterocycles. The Labute approximate surface area is 207 Å². The Morgan fingerprint density at radius 3 is 1.25 bits per heavy atom. The van der Waals surface area contributed by atoms with Crippen molar-refractivity contribution in [1.29, 1.82) is 0 Å². The molecule has 196 valence electrons. The van der Waals surface area contributed by atoms with Gasteiger partial charge in [0.1, 0.15) is 21.2 Å². The molecule has 0 atom stereocenters. The predicted octanol–water partition coefficient (Wildman–Crippen LogP) is 4.14. The number of nitrogens with one attached hydrogen (secondary N) is 2. The molecular weight excluding hydrogens is 593 g/mol. The SMILES string of the molecule is O=C(NS(=O)(=O)c1cc(Cl)ccc1N=Nc1ccc(Cl)cc1S(=O)(=O)NC(=O)C(F)(F)F)C(F)(F)F. The molecule has 2 aromatic carbocycles. The third-order valence-corrected chi connectivity index (χ3v) is 6.85. The van der Waals surface area contributed by atoms with E-state index in [4.69, 9.17) is 23.2 Å². The van der Waals surface area contributed by atoms with E-state index in [0.29, 0.717) is 12.1 Å². The van der Waals surface area contributed by atoms with Crippen molar-refractivity contribution in [1.82, 2.24) is 9.44 Å². The first-order valence-corrected chi connectivity index (χ1v) is 12.2. The monoisotopic (exact) mass is 600 g/mol. The number of amides is 2. The fraction of sp³-hybridized carbons (Fsp3) is 0.125. The maximum atomic E-state index is 12.5. The molecule has 2 aromatic rings. The van der Waals surface area contributed by atoms with E-state index in [1.807, 2.05) is 0 Å². The second kappa shape index (κ2) is 10.2. The molecule has 0 spiro atoms. The summed E-state index contributed by atoms with van der Waals surface area (Å²) in [6.07, 6.45) is -11.2. The zero-order valence-electron chi connectivity index (χ0n) is 16.6. The fourth-order valence-electron chi connectivity index (χ4n) is 2.15. The highest BCUT2D eigenvalue weighted by molar-refractivity contribution is 7.90. The molecule has 0 heterocycles. The van der Waals surface area contributed by atoms with Gasteiger partial charge in [-0.3, -0.25) is 9.59 Å². The first-order chi connectivity index (χ1) is 16.2. The number of carbonyl (C=O) groups excluding carboxylic acids is 2. The largest absolute Gasteiger partial charge is 0.472 e. The summed E-state index contributed by atoms with van der Waals surface area (Å²) in [6, 6.07) is 4.81. The highest BCUT2D eigenvalue weighted by Crippen LogP contribution is 2.33. The van der Waals surface area contributed by atoms with E-state index in [1.54, 1.807) is 0 Å². The van der Waals surface area contributed by atoms with Crippen LogP contribution in [-0.2, 0) is 29.6 Å². The minimum absolute atomic E-state index is 0.335. The summed E-state index contributed by atoms with van der Waals surface area (Å²) in [6.45, 7) is 0. The van der Waals surface area contributed by atoms with Gasteiger partial charge in [0.05, 0.1) is 0 Å². The Morgan fingerprint density at radius 1 is 0.667 bits per heavy atom. The number of alkyl halides is 6. The summed E-state index contributed by atoms with van der Waals surface area (Å²) in [5.41, 5.74) is -1.53. The van der Waals surface area contributed by atoms with Crippen molar-refractivity contribution >= 4 is 66.4 Å². The Bertz CT molecular complexity index is 1350. The summed E-state index contributed by atoms with van der Waals surface area (Å²) in [5, 5.41) is 6.12. The Hall–Kier alpha value is -2.96. The van der Waals surface area contributed by atoms with Gasteiger partial charge in [0, 0.05) is 10.0 Å². The van der Waals surface area contributed by atoms with Crippen molar-refractivity contribution in [2.75, 3.05) is 0 Å². The molecule has 0 bridgehead atoms. The first-order valence-electron chi connectivity index (χ1n) is 8.53. The predicted molar refractivity (Wildman–Crippen MR) is 110 cm³/mol. The van der Waals surface area contributed by atoms with E-state index < -0.39 is 65.4 Å². The number of sulfonamides is 2. The molecule has 0 saturated carbocycles. The Kier molecular flexibility index (Phi) is 8.29. The number of nitrogens with zero attached hydrogens (tertiary/aromatic N) is 2. The molecule has 0 radical (unpaired) electrons. The zero-order valence-corrected chi connectivity index (χ0v) is 19.8. The molecular formula is C16H8Cl2F6N4O6S2. The lowest BCUT2D eigenvalue weighted by Gasteiger charge is -2.12. The molecule has 20 heteroatoms. The average Bonchev–Trinajstić information content (AvgIpc) is 2.71. The lowest BCUT2D eigenvalue weighted by molar-refractivity contribution is -0.171. The third kappa shape index (κ3) is 7.28. The van der Waals surface area contributed by atoms with E-state index >= 15 is 0 Å². The molecule has 36 heavy (non-hydrogen) atoms. The van der Waals surface area contributed by atoms with Crippen molar-refractivity contribution in [2.45, 2.75) is 22.1 Å². The zero-order chi connectivity index (χ0) is 27.7. The molecule has 0 aliphatic heterocycles. The second-order valence-electron chi connectivity index (χ2n) is 6.29. The number of rotatable bonds is 6.